The molecule has 0 aliphatic heterocycles. The lowest BCUT2D eigenvalue weighted by Crippen LogP contribution is -2.37. The summed E-state index contributed by atoms with van der Waals surface area (Å²) in [5.41, 5.74) is 0.650. The smallest absolute Gasteiger partial charge is 0.137 e. The third-order valence-electron chi connectivity index (χ3n) is 2.27. The molecule has 0 unspecified atom stereocenters. The van der Waals surface area contributed by atoms with Gasteiger partial charge in [0.25, 0.3) is 0 Å². The summed E-state index contributed by atoms with van der Waals surface area (Å²) in [7, 11) is -1.33. The summed E-state index contributed by atoms with van der Waals surface area (Å²) >= 11 is 0. The quantitative estimate of drug-likeness (QED) is 0.732. The molecule has 3 heteroatoms. The number of ether oxygens (including phenoxy) is 1. The van der Waals surface area contributed by atoms with E-state index in [-0.39, 0.29) is 0 Å². The van der Waals surface area contributed by atoms with Crippen molar-refractivity contribution < 1.29 is 4.74 Å². The Morgan fingerprint density at radius 1 is 1.33 bits per heavy atom. The average molecular weight is 219 g/mol. The summed E-state index contributed by atoms with van der Waals surface area (Å²) < 4.78 is 5.39. The second-order valence-corrected chi connectivity index (χ2v) is 9.58. The van der Waals surface area contributed by atoms with E-state index >= 15 is 0 Å². The number of benzene rings is 1. The van der Waals surface area contributed by atoms with Crippen LogP contribution in [0.3, 0.4) is 0 Å². The molecule has 0 bridgehead atoms. The number of nitrogens with zero attached hydrogens (tertiary/aromatic N) is 1. The highest BCUT2D eigenvalue weighted by molar-refractivity contribution is 6.88. The second kappa shape index (κ2) is 4.50. The van der Waals surface area contributed by atoms with Crippen molar-refractivity contribution in [1.29, 1.82) is 5.26 Å². The highest BCUT2D eigenvalue weighted by atomic mass is 28.3. The Kier molecular flexibility index (Phi) is 3.54. The highest BCUT2D eigenvalue weighted by Gasteiger charge is 2.17. The van der Waals surface area contributed by atoms with Gasteiger partial charge in [0, 0.05) is 0 Å². The van der Waals surface area contributed by atoms with Gasteiger partial charge in [-0.3, -0.25) is 0 Å². The van der Waals surface area contributed by atoms with Gasteiger partial charge in [-0.15, -0.1) is 0 Å². The maximum Gasteiger partial charge on any atom is 0.137 e. The Morgan fingerprint density at radius 3 is 2.47 bits per heavy atom. The molecule has 0 aliphatic rings. The number of hydrogen-bond acceptors (Lipinski definition) is 2. The lowest BCUT2D eigenvalue weighted by Gasteiger charge is -2.17. The summed E-state index contributed by atoms with van der Waals surface area (Å²) in [5.74, 6) is 0.696. The highest BCUT2D eigenvalue weighted by Crippen LogP contribution is 2.17. The van der Waals surface area contributed by atoms with E-state index < -0.39 is 8.07 Å². The van der Waals surface area contributed by atoms with Gasteiger partial charge in [-0.05, 0) is 19.1 Å². The third kappa shape index (κ3) is 2.84. The molecular formula is C12H17NOSi. The van der Waals surface area contributed by atoms with Crippen LogP contribution in [-0.2, 0) is 0 Å². The minimum absolute atomic E-state index is 0.598. The van der Waals surface area contributed by atoms with Crippen LogP contribution in [0.1, 0.15) is 12.5 Å². The molecule has 80 valence electrons. The lowest BCUT2D eigenvalue weighted by molar-refractivity contribution is 0.339. The largest absolute Gasteiger partial charge is 0.492 e. The van der Waals surface area contributed by atoms with Crippen molar-refractivity contribution >= 4 is 13.3 Å². The Balaban J connectivity index is 3.15. The van der Waals surface area contributed by atoms with Crippen LogP contribution in [-0.4, -0.2) is 14.7 Å². The van der Waals surface area contributed by atoms with Crippen molar-refractivity contribution in [2.45, 2.75) is 26.6 Å². The fourth-order valence-electron chi connectivity index (χ4n) is 1.37. The topological polar surface area (TPSA) is 33.0 Å². The van der Waals surface area contributed by atoms with Crippen LogP contribution in [0.25, 0.3) is 0 Å². The molecule has 0 heterocycles. The lowest BCUT2D eigenvalue weighted by atomic mass is 10.2. The number of hydrogen-bond donors (Lipinski definition) is 0. The molecule has 2 nitrogen and oxygen atoms in total. The van der Waals surface area contributed by atoms with Gasteiger partial charge >= 0.3 is 0 Å². The molecule has 0 saturated carbocycles. The van der Waals surface area contributed by atoms with E-state index in [1.165, 1.54) is 5.19 Å². The Hall–Kier alpha value is -1.27. The van der Waals surface area contributed by atoms with Gasteiger partial charge in [0.2, 0.25) is 0 Å². The third-order valence-corrected chi connectivity index (χ3v) is 4.31. The van der Waals surface area contributed by atoms with E-state index in [0.717, 1.165) is 0 Å². The molecule has 0 spiro atoms. The molecule has 15 heavy (non-hydrogen) atoms. The zero-order valence-corrected chi connectivity index (χ0v) is 10.8. The van der Waals surface area contributed by atoms with E-state index in [1.807, 2.05) is 19.1 Å². The second-order valence-electron chi connectivity index (χ2n) is 4.51. The van der Waals surface area contributed by atoms with E-state index in [1.54, 1.807) is 0 Å². The Labute approximate surface area is 92.5 Å². The van der Waals surface area contributed by atoms with Crippen LogP contribution in [0.2, 0.25) is 19.6 Å². The van der Waals surface area contributed by atoms with Gasteiger partial charge in [0.05, 0.1) is 20.2 Å². The van der Waals surface area contributed by atoms with E-state index in [0.29, 0.717) is 17.9 Å². The first-order chi connectivity index (χ1) is 6.99. The summed E-state index contributed by atoms with van der Waals surface area (Å²) in [5, 5.41) is 10.3. The molecule has 1 aromatic rings. The van der Waals surface area contributed by atoms with Crippen LogP contribution in [0, 0.1) is 11.3 Å². The van der Waals surface area contributed by atoms with Gasteiger partial charge in [0.1, 0.15) is 11.8 Å². The molecule has 0 amide bonds. The fourth-order valence-corrected chi connectivity index (χ4v) is 2.53. The van der Waals surface area contributed by atoms with Gasteiger partial charge in [-0.2, -0.15) is 5.26 Å². The number of rotatable bonds is 3. The zero-order chi connectivity index (χ0) is 11.5. The van der Waals surface area contributed by atoms with E-state index in [2.05, 4.69) is 31.8 Å². The van der Waals surface area contributed by atoms with Crippen molar-refractivity contribution in [3.8, 4) is 11.8 Å². The van der Waals surface area contributed by atoms with Crippen LogP contribution in [0.5, 0.6) is 5.75 Å². The molecule has 0 aliphatic carbocycles. The average Bonchev–Trinajstić information content (AvgIpc) is 2.17. The first-order valence-corrected chi connectivity index (χ1v) is 8.66. The zero-order valence-electron chi connectivity index (χ0n) is 9.79. The molecule has 0 aromatic heterocycles. The van der Waals surface area contributed by atoms with Crippen molar-refractivity contribution in [2.75, 3.05) is 6.61 Å². The number of nitriles is 1. The minimum atomic E-state index is -1.33. The first kappa shape index (κ1) is 11.8. The molecule has 0 N–H and O–H groups in total. The Bertz CT molecular complexity index is 388. The molecule has 1 rings (SSSR count). The van der Waals surface area contributed by atoms with Crippen molar-refractivity contribution in [3.63, 3.8) is 0 Å². The van der Waals surface area contributed by atoms with Crippen LogP contribution >= 0.6 is 0 Å². The van der Waals surface area contributed by atoms with E-state index in [4.69, 9.17) is 10.00 Å². The predicted octanol–water partition coefficient (Wildman–Crippen LogP) is 2.50. The SMILES string of the molecule is CCOc1ccc([Si](C)(C)C)cc1C#N. The Morgan fingerprint density at radius 2 is 2.00 bits per heavy atom. The van der Waals surface area contributed by atoms with E-state index in [9.17, 15) is 0 Å². The normalized spacial score (nSPS) is 10.9. The maximum atomic E-state index is 9.02. The van der Waals surface area contributed by atoms with Gasteiger partial charge < -0.3 is 4.74 Å². The van der Waals surface area contributed by atoms with Crippen LogP contribution < -0.4 is 9.92 Å². The van der Waals surface area contributed by atoms with Crippen LogP contribution in [0.15, 0.2) is 18.2 Å². The van der Waals surface area contributed by atoms with Crippen molar-refractivity contribution in [2.24, 2.45) is 0 Å². The standard InChI is InChI=1S/C12H17NOSi/c1-5-14-12-7-6-11(15(2,3)4)8-10(12)9-13/h6-8H,5H2,1-4H3. The van der Waals surface area contributed by atoms with Gasteiger partial charge in [0.15, 0.2) is 0 Å². The maximum absolute atomic E-state index is 9.02. The van der Waals surface area contributed by atoms with Gasteiger partial charge in [-0.25, -0.2) is 0 Å². The summed E-state index contributed by atoms with van der Waals surface area (Å²) in [4.78, 5) is 0. The molecule has 0 radical (unpaired) electrons. The summed E-state index contributed by atoms with van der Waals surface area (Å²) in [6.07, 6.45) is 0. The molecule has 0 atom stereocenters. The molecule has 0 fully saturated rings. The first-order valence-electron chi connectivity index (χ1n) is 5.16. The van der Waals surface area contributed by atoms with Crippen molar-refractivity contribution in [1.82, 2.24) is 0 Å². The molecule has 1 aromatic carbocycles. The predicted molar refractivity (Wildman–Crippen MR) is 65.3 cm³/mol. The molecular weight excluding hydrogens is 202 g/mol. The minimum Gasteiger partial charge on any atom is -0.492 e. The molecule has 0 saturated heterocycles. The summed E-state index contributed by atoms with van der Waals surface area (Å²) in [6.45, 7) is 9.33. The van der Waals surface area contributed by atoms with Crippen LogP contribution in [0.4, 0.5) is 0 Å². The van der Waals surface area contributed by atoms with Crippen molar-refractivity contribution in [3.05, 3.63) is 23.8 Å². The van der Waals surface area contributed by atoms with Gasteiger partial charge in [-0.1, -0.05) is 30.9 Å². The monoisotopic (exact) mass is 219 g/mol. The fraction of sp³-hybridized carbons (Fsp3) is 0.417. The summed E-state index contributed by atoms with van der Waals surface area (Å²) in [6, 6.07) is 8.15.